The molecular formula is C7H12N4OS. The van der Waals surface area contributed by atoms with Crippen LogP contribution in [0.4, 0.5) is 0 Å². The fourth-order valence-corrected chi connectivity index (χ4v) is 1.76. The summed E-state index contributed by atoms with van der Waals surface area (Å²) < 4.78 is 7.85. The van der Waals surface area contributed by atoms with Gasteiger partial charge in [-0.05, 0) is 32.0 Å². The first-order chi connectivity index (χ1) is 6.20. The van der Waals surface area contributed by atoms with Crippen molar-refractivity contribution < 1.29 is 4.74 Å². The monoisotopic (exact) mass is 200 g/mol. The Bertz CT molecular complexity index is 338. The van der Waals surface area contributed by atoms with Crippen LogP contribution in [0.5, 0.6) is 0 Å². The molecule has 0 saturated carbocycles. The predicted molar refractivity (Wildman–Crippen MR) is 48.8 cm³/mol. The van der Waals surface area contributed by atoms with Gasteiger partial charge in [0, 0.05) is 6.61 Å². The molecule has 1 aromatic heterocycles. The number of aromatic amines is 1. The molecule has 1 aromatic rings. The molecule has 6 heteroatoms. The first-order valence-corrected chi connectivity index (χ1v) is 4.72. The highest BCUT2D eigenvalue weighted by molar-refractivity contribution is 7.71. The number of nitrogens with zero attached hydrogens (tertiary/aromatic N) is 3. The Labute approximate surface area is 81.1 Å². The largest absolute Gasteiger partial charge is 0.373 e. The van der Waals surface area contributed by atoms with Crippen molar-refractivity contribution in [1.29, 1.82) is 0 Å². The molecule has 0 aromatic carbocycles. The summed E-state index contributed by atoms with van der Waals surface area (Å²) in [4.78, 5) is 0. The molecule has 0 spiro atoms. The lowest BCUT2D eigenvalue weighted by molar-refractivity contribution is 0.00285. The van der Waals surface area contributed by atoms with Crippen molar-refractivity contribution in [2.75, 3.05) is 6.61 Å². The van der Waals surface area contributed by atoms with Gasteiger partial charge in [0.05, 0.1) is 12.1 Å². The molecule has 1 N–H and O–H groups in total. The highest BCUT2D eigenvalue weighted by atomic mass is 32.1. The molecule has 0 radical (unpaired) electrons. The molecule has 72 valence electrons. The molecule has 1 aliphatic rings. The minimum Gasteiger partial charge on any atom is -0.373 e. The van der Waals surface area contributed by atoms with Gasteiger partial charge < -0.3 is 4.74 Å². The van der Waals surface area contributed by atoms with Crippen LogP contribution in [0, 0.1) is 4.77 Å². The molecule has 13 heavy (non-hydrogen) atoms. The number of ether oxygens (including phenoxy) is 1. The van der Waals surface area contributed by atoms with E-state index in [1.165, 1.54) is 0 Å². The Balaban J connectivity index is 2.13. The maximum Gasteiger partial charge on any atom is 0.238 e. The van der Waals surface area contributed by atoms with Gasteiger partial charge in [-0.1, -0.05) is 10.3 Å². The summed E-state index contributed by atoms with van der Waals surface area (Å²) in [6.07, 6.45) is 2.18. The molecule has 0 bridgehead atoms. The molecule has 0 amide bonds. The van der Waals surface area contributed by atoms with Gasteiger partial charge in [-0.15, -0.1) is 0 Å². The molecule has 1 saturated heterocycles. The van der Waals surface area contributed by atoms with Crippen molar-refractivity contribution in [2.45, 2.75) is 31.9 Å². The van der Waals surface area contributed by atoms with E-state index in [1.807, 2.05) is 0 Å². The van der Waals surface area contributed by atoms with Crippen molar-refractivity contribution in [3.05, 3.63) is 4.77 Å². The molecule has 1 atom stereocenters. The lowest BCUT2D eigenvalue weighted by Gasteiger charge is -2.22. The van der Waals surface area contributed by atoms with Gasteiger partial charge in [0.1, 0.15) is 0 Å². The van der Waals surface area contributed by atoms with E-state index in [0.29, 0.717) is 11.3 Å². The average molecular weight is 200 g/mol. The maximum atomic E-state index is 5.63. The van der Waals surface area contributed by atoms with E-state index in [4.69, 9.17) is 17.0 Å². The molecule has 2 heterocycles. The fourth-order valence-electron chi connectivity index (χ4n) is 1.61. The normalized spacial score (nSPS) is 28.1. The number of nitrogens with one attached hydrogen (secondary N) is 1. The van der Waals surface area contributed by atoms with Crippen molar-refractivity contribution in [2.24, 2.45) is 0 Å². The fraction of sp³-hybridized carbons (Fsp3) is 0.857. The second kappa shape index (κ2) is 3.19. The lowest BCUT2D eigenvalue weighted by Crippen LogP contribution is -2.30. The van der Waals surface area contributed by atoms with Crippen molar-refractivity contribution in [3.8, 4) is 0 Å². The summed E-state index contributed by atoms with van der Waals surface area (Å²) in [6, 6.07) is 0. The third kappa shape index (κ3) is 1.78. The Kier molecular flexibility index (Phi) is 2.17. The van der Waals surface area contributed by atoms with Crippen LogP contribution in [0.25, 0.3) is 0 Å². The van der Waals surface area contributed by atoms with E-state index in [-0.39, 0.29) is 5.60 Å². The van der Waals surface area contributed by atoms with Gasteiger partial charge in [0.2, 0.25) is 4.77 Å². The summed E-state index contributed by atoms with van der Waals surface area (Å²) in [5, 5.41) is 10.1. The second-order valence-electron chi connectivity index (χ2n) is 3.57. The molecule has 0 aliphatic carbocycles. The SMILES string of the molecule is CC1(Cn2[nH]nnc2=S)CCCO1. The Hall–Kier alpha value is -0.750. The zero-order valence-electron chi connectivity index (χ0n) is 7.49. The van der Waals surface area contributed by atoms with Crippen LogP contribution in [0.15, 0.2) is 0 Å². The van der Waals surface area contributed by atoms with Crippen LogP contribution in [0.3, 0.4) is 0 Å². The smallest absolute Gasteiger partial charge is 0.238 e. The minimum atomic E-state index is -0.105. The van der Waals surface area contributed by atoms with E-state index in [1.54, 1.807) is 4.68 Å². The van der Waals surface area contributed by atoms with Crippen LogP contribution in [0.2, 0.25) is 0 Å². The Morgan fingerprint density at radius 2 is 2.62 bits per heavy atom. The van der Waals surface area contributed by atoms with Gasteiger partial charge >= 0.3 is 0 Å². The molecule has 1 unspecified atom stereocenters. The van der Waals surface area contributed by atoms with Gasteiger partial charge in [-0.25, -0.2) is 4.68 Å². The van der Waals surface area contributed by atoms with Gasteiger partial charge in [-0.2, -0.15) is 5.21 Å². The number of tetrazole rings is 1. The quantitative estimate of drug-likeness (QED) is 0.721. The van der Waals surface area contributed by atoms with E-state index in [2.05, 4.69) is 22.4 Å². The number of aromatic nitrogens is 4. The van der Waals surface area contributed by atoms with Crippen LogP contribution in [-0.4, -0.2) is 32.4 Å². The average Bonchev–Trinajstić information content (AvgIpc) is 2.64. The predicted octanol–water partition coefficient (Wildman–Crippen LogP) is 0.905. The van der Waals surface area contributed by atoms with Crippen molar-refractivity contribution in [3.63, 3.8) is 0 Å². The third-order valence-electron chi connectivity index (χ3n) is 2.32. The van der Waals surface area contributed by atoms with Gasteiger partial charge in [0.25, 0.3) is 0 Å². The van der Waals surface area contributed by atoms with E-state index >= 15 is 0 Å². The topological polar surface area (TPSA) is 55.7 Å². The number of hydrogen-bond acceptors (Lipinski definition) is 4. The van der Waals surface area contributed by atoms with E-state index in [0.717, 1.165) is 19.4 Å². The van der Waals surface area contributed by atoms with E-state index < -0.39 is 0 Å². The Morgan fingerprint density at radius 1 is 1.77 bits per heavy atom. The summed E-state index contributed by atoms with van der Waals surface area (Å²) in [5.41, 5.74) is -0.105. The zero-order valence-corrected chi connectivity index (χ0v) is 8.30. The molecule has 1 fully saturated rings. The molecule has 1 aliphatic heterocycles. The molecule has 5 nitrogen and oxygen atoms in total. The zero-order chi connectivity index (χ0) is 9.31. The Morgan fingerprint density at radius 3 is 3.15 bits per heavy atom. The van der Waals surface area contributed by atoms with Crippen LogP contribution < -0.4 is 0 Å². The minimum absolute atomic E-state index is 0.105. The second-order valence-corrected chi connectivity index (χ2v) is 3.94. The van der Waals surface area contributed by atoms with Crippen molar-refractivity contribution in [1.82, 2.24) is 20.2 Å². The summed E-state index contributed by atoms with van der Waals surface area (Å²) >= 11 is 4.97. The molecular weight excluding hydrogens is 188 g/mol. The number of hydrogen-bond donors (Lipinski definition) is 1. The van der Waals surface area contributed by atoms with Crippen LogP contribution >= 0.6 is 12.2 Å². The molecule has 2 rings (SSSR count). The van der Waals surface area contributed by atoms with Gasteiger partial charge in [0.15, 0.2) is 0 Å². The summed E-state index contributed by atoms with van der Waals surface area (Å²) in [6.45, 7) is 3.63. The number of H-pyrrole nitrogens is 1. The summed E-state index contributed by atoms with van der Waals surface area (Å²) in [7, 11) is 0. The van der Waals surface area contributed by atoms with Crippen LogP contribution in [0.1, 0.15) is 19.8 Å². The van der Waals surface area contributed by atoms with Gasteiger partial charge in [-0.3, -0.25) is 0 Å². The van der Waals surface area contributed by atoms with Crippen molar-refractivity contribution >= 4 is 12.2 Å². The highest BCUT2D eigenvalue weighted by Gasteiger charge is 2.30. The third-order valence-corrected chi connectivity index (χ3v) is 2.63. The van der Waals surface area contributed by atoms with Crippen LogP contribution in [-0.2, 0) is 11.3 Å². The lowest BCUT2D eigenvalue weighted by atomic mass is 10.0. The van der Waals surface area contributed by atoms with E-state index in [9.17, 15) is 0 Å². The first-order valence-electron chi connectivity index (χ1n) is 4.31. The highest BCUT2D eigenvalue weighted by Crippen LogP contribution is 2.26. The number of rotatable bonds is 2. The maximum absolute atomic E-state index is 5.63. The first kappa shape index (κ1) is 8.83. The summed E-state index contributed by atoms with van der Waals surface area (Å²) in [5.74, 6) is 0. The standard InChI is InChI=1S/C7H12N4OS/c1-7(3-2-4-12-7)5-11-6(13)8-9-10-11/h2-5H2,1H3,(H,8,10,13).